The average molecular weight is 409 g/mol. The van der Waals surface area contributed by atoms with Crippen LogP contribution in [-0.4, -0.2) is 52.6 Å². The molecule has 1 aromatic carbocycles. The molecule has 3 heterocycles. The maximum absolute atomic E-state index is 14.6. The number of piperidine rings is 1. The maximum Gasteiger partial charge on any atom is 0.240 e. The van der Waals surface area contributed by atoms with Crippen molar-refractivity contribution in [3.8, 4) is 0 Å². The lowest BCUT2D eigenvalue weighted by atomic mass is 9.75. The second kappa shape index (κ2) is 7.97. The van der Waals surface area contributed by atoms with Gasteiger partial charge in [0.05, 0.1) is 5.41 Å². The largest absolute Gasteiger partial charge is 0.343 e. The van der Waals surface area contributed by atoms with Crippen molar-refractivity contribution in [2.45, 2.75) is 37.0 Å². The van der Waals surface area contributed by atoms with Crippen LogP contribution in [0.4, 0.5) is 4.39 Å². The smallest absolute Gasteiger partial charge is 0.240 e. The summed E-state index contributed by atoms with van der Waals surface area (Å²) in [5.41, 5.74) is -0.151. The zero-order valence-electron chi connectivity index (χ0n) is 16.9. The van der Waals surface area contributed by atoms with Gasteiger partial charge in [-0.1, -0.05) is 18.2 Å². The Balaban J connectivity index is 1.53. The quantitative estimate of drug-likeness (QED) is 0.728. The average Bonchev–Trinajstić information content (AvgIpc) is 2.99. The van der Waals surface area contributed by atoms with Crippen LogP contribution < -0.4 is 0 Å². The number of halogens is 1. The van der Waals surface area contributed by atoms with Crippen LogP contribution in [0, 0.1) is 5.82 Å². The van der Waals surface area contributed by atoms with E-state index in [1.54, 1.807) is 23.4 Å². The molecule has 2 aliphatic rings. The van der Waals surface area contributed by atoms with E-state index in [1.165, 1.54) is 30.8 Å². The first-order chi connectivity index (χ1) is 14.4. The standard InChI is InChI=1S/C23H24FN3O3/c1-26-20(28)14-23(22(26)30,18-4-2-3-5-19(18)24)15-21(29)27-12-8-17(9-13-27)16-6-10-25-11-7-16/h2-7,10-11,17H,8-9,12-15H2,1H3. The number of hydrogen-bond donors (Lipinski definition) is 0. The number of likely N-dealkylation sites (N-methyl/N-ethyl adjacent to an activating group) is 1. The van der Waals surface area contributed by atoms with Crippen LogP contribution in [0.15, 0.2) is 48.8 Å². The van der Waals surface area contributed by atoms with E-state index in [-0.39, 0.29) is 24.3 Å². The Morgan fingerprint density at radius 1 is 1.13 bits per heavy atom. The van der Waals surface area contributed by atoms with Gasteiger partial charge in [-0.3, -0.25) is 24.3 Å². The third-order valence-electron chi connectivity index (χ3n) is 6.41. The van der Waals surface area contributed by atoms with Crippen molar-refractivity contribution < 1.29 is 18.8 Å². The number of amides is 3. The van der Waals surface area contributed by atoms with Crippen LogP contribution in [0.1, 0.15) is 42.7 Å². The zero-order valence-corrected chi connectivity index (χ0v) is 16.9. The van der Waals surface area contributed by atoms with Gasteiger partial charge in [0.25, 0.3) is 0 Å². The van der Waals surface area contributed by atoms with E-state index in [1.807, 2.05) is 12.1 Å². The van der Waals surface area contributed by atoms with Crippen LogP contribution in [0.2, 0.25) is 0 Å². The monoisotopic (exact) mass is 409 g/mol. The lowest BCUT2D eigenvalue weighted by Gasteiger charge is -2.35. The summed E-state index contributed by atoms with van der Waals surface area (Å²) in [6, 6.07) is 9.91. The highest BCUT2D eigenvalue weighted by molar-refractivity contribution is 6.10. The fourth-order valence-corrected chi connectivity index (χ4v) is 4.65. The molecule has 0 radical (unpaired) electrons. The maximum atomic E-state index is 14.6. The normalized spacial score (nSPS) is 22.6. The molecule has 2 fully saturated rings. The van der Waals surface area contributed by atoms with Gasteiger partial charge in [-0.25, -0.2) is 4.39 Å². The molecule has 2 aliphatic heterocycles. The predicted molar refractivity (Wildman–Crippen MR) is 108 cm³/mol. The molecule has 156 valence electrons. The van der Waals surface area contributed by atoms with Gasteiger partial charge in [0.15, 0.2) is 0 Å². The number of pyridine rings is 1. The van der Waals surface area contributed by atoms with Crippen LogP contribution in [0.25, 0.3) is 0 Å². The summed E-state index contributed by atoms with van der Waals surface area (Å²) >= 11 is 0. The van der Waals surface area contributed by atoms with Crippen molar-refractivity contribution >= 4 is 17.7 Å². The molecular formula is C23H24FN3O3. The van der Waals surface area contributed by atoms with E-state index in [4.69, 9.17) is 0 Å². The lowest BCUT2D eigenvalue weighted by molar-refractivity contribution is -0.141. The molecule has 4 rings (SSSR count). The molecule has 3 amide bonds. The lowest BCUT2D eigenvalue weighted by Crippen LogP contribution is -2.45. The van der Waals surface area contributed by atoms with E-state index < -0.39 is 23.0 Å². The number of rotatable bonds is 4. The molecule has 0 spiro atoms. The Morgan fingerprint density at radius 2 is 1.80 bits per heavy atom. The molecule has 1 unspecified atom stereocenters. The molecule has 30 heavy (non-hydrogen) atoms. The van der Waals surface area contributed by atoms with E-state index >= 15 is 0 Å². The Morgan fingerprint density at radius 3 is 2.40 bits per heavy atom. The first kappa shape index (κ1) is 20.2. The fraction of sp³-hybridized carbons (Fsp3) is 0.391. The van der Waals surface area contributed by atoms with Crippen molar-refractivity contribution in [3.05, 3.63) is 65.7 Å². The molecular weight excluding hydrogens is 385 g/mol. The number of carbonyl (C=O) groups is 3. The number of imide groups is 1. The third kappa shape index (κ3) is 3.49. The van der Waals surface area contributed by atoms with Gasteiger partial charge >= 0.3 is 0 Å². The minimum absolute atomic E-state index is 0.118. The molecule has 1 aromatic heterocycles. The highest BCUT2D eigenvalue weighted by atomic mass is 19.1. The highest BCUT2D eigenvalue weighted by Crippen LogP contribution is 2.41. The van der Waals surface area contributed by atoms with Gasteiger partial charge in [-0.05, 0) is 42.5 Å². The number of likely N-dealkylation sites (tertiary alicyclic amines) is 2. The molecule has 6 nitrogen and oxygen atoms in total. The summed E-state index contributed by atoms with van der Waals surface area (Å²) in [5.74, 6) is -1.34. The van der Waals surface area contributed by atoms with E-state index in [2.05, 4.69) is 4.98 Å². The second-order valence-corrected chi connectivity index (χ2v) is 8.11. The first-order valence-corrected chi connectivity index (χ1v) is 10.2. The summed E-state index contributed by atoms with van der Waals surface area (Å²) in [5, 5.41) is 0. The molecule has 1 atom stereocenters. The van der Waals surface area contributed by atoms with Crippen LogP contribution in [-0.2, 0) is 19.8 Å². The summed E-state index contributed by atoms with van der Waals surface area (Å²) in [6.45, 7) is 1.13. The van der Waals surface area contributed by atoms with Gasteiger partial charge in [0.2, 0.25) is 17.7 Å². The highest BCUT2D eigenvalue weighted by Gasteiger charge is 2.54. The molecule has 2 saturated heterocycles. The zero-order chi connectivity index (χ0) is 21.3. The molecule has 0 aliphatic carbocycles. The van der Waals surface area contributed by atoms with Crippen molar-refractivity contribution in [3.63, 3.8) is 0 Å². The van der Waals surface area contributed by atoms with E-state index in [9.17, 15) is 18.8 Å². The summed E-state index contributed by atoms with van der Waals surface area (Å²) < 4.78 is 14.6. The minimum atomic E-state index is -1.48. The Kier molecular flexibility index (Phi) is 5.37. The van der Waals surface area contributed by atoms with Gasteiger partial charge < -0.3 is 4.90 Å². The van der Waals surface area contributed by atoms with E-state index in [0.29, 0.717) is 19.0 Å². The summed E-state index contributed by atoms with van der Waals surface area (Å²) in [7, 11) is 1.39. The number of nitrogens with zero attached hydrogens (tertiary/aromatic N) is 3. The fourth-order valence-electron chi connectivity index (χ4n) is 4.65. The van der Waals surface area contributed by atoms with Crippen molar-refractivity contribution in [1.82, 2.24) is 14.8 Å². The topological polar surface area (TPSA) is 70.6 Å². The molecule has 2 aromatic rings. The number of benzene rings is 1. The van der Waals surface area contributed by atoms with Crippen LogP contribution in [0.3, 0.4) is 0 Å². The van der Waals surface area contributed by atoms with Crippen molar-refractivity contribution in [1.29, 1.82) is 0 Å². The second-order valence-electron chi connectivity index (χ2n) is 8.11. The van der Waals surface area contributed by atoms with Crippen LogP contribution >= 0.6 is 0 Å². The van der Waals surface area contributed by atoms with Gasteiger partial charge in [-0.15, -0.1) is 0 Å². The molecule has 0 saturated carbocycles. The number of hydrogen-bond acceptors (Lipinski definition) is 4. The summed E-state index contributed by atoms with van der Waals surface area (Å²) in [4.78, 5) is 45.2. The molecule has 7 heteroatoms. The SMILES string of the molecule is CN1C(=O)CC(CC(=O)N2CCC(c3ccncc3)CC2)(c2ccccc2F)C1=O. The van der Waals surface area contributed by atoms with Gasteiger partial charge in [0.1, 0.15) is 5.82 Å². The number of aromatic nitrogens is 1. The first-order valence-electron chi connectivity index (χ1n) is 10.2. The third-order valence-corrected chi connectivity index (χ3v) is 6.41. The molecule has 0 N–H and O–H groups in total. The Labute approximate surface area is 174 Å². The minimum Gasteiger partial charge on any atom is -0.343 e. The molecule has 0 bridgehead atoms. The Hall–Kier alpha value is -3.09. The Bertz CT molecular complexity index is 973. The summed E-state index contributed by atoms with van der Waals surface area (Å²) in [6.07, 6.45) is 4.77. The van der Waals surface area contributed by atoms with Gasteiger partial charge in [0, 0.05) is 50.9 Å². The number of carbonyl (C=O) groups excluding carboxylic acids is 3. The predicted octanol–water partition coefficient (Wildman–Crippen LogP) is 2.64. The van der Waals surface area contributed by atoms with E-state index in [0.717, 1.165) is 17.7 Å². The van der Waals surface area contributed by atoms with Gasteiger partial charge in [-0.2, -0.15) is 0 Å². The van der Waals surface area contributed by atoms with Crippen molar-refractivity contribution in [2.24, 2.45) is 0 Å². The van der Waals surface area contributed by atoms with Crippen molar-refractivity contribution in [2.75, 3.05) is 20.1 Å². The van der Waals surface area contributed by atoms with Crippen LogP contribution in [0.5, 0.6) is 0 Å².